The van der Waals surface area contributed by atoms with E-state index in [0.29, 0.717) is 5.41 Å². The van der Waals surface area contributed by atoms with E-state index in [1.54, 1.807) is 11.1 Å². The zero-order valence-electron chi connectivity index (χ0n) is 8.72. The second-order valence-corrected chi connectivity index (χ2v) is 4.90. The summed E-state index contributed by atoms with van der Waals surface area (Å²) in [7, 11) is 0. The number of hydrogen-bond donors (Lipinski definition) is 0. The van der Waals surface area contributed by atoms with Gasteiger partial charge >= 0.3 is 0 Å². The molecular formula is C14H16. The number of benzene rings is 1. The van der Waals surface area contributed by atoms with Gasteiger partial charge in [0.05, 0.1) is 0 Å². The largest absolute Gasteiger partial charge is 0.0801 e. The third-order valence-electron chi connectivity index (χ3n) is 3.82. The monoisotopic (exact) mass is 184 g/mol. The zero-order chi connectivity index (χ0) is 9.60. The van der Waals surface area contributed by atoms with E-state index in [4.69, 9.17) is 0 Å². The fourth-order valence-electron chi connectivity index (χ4n) is 3.10. The molecule has 0 heterocycles. The summed E-state index contributed by atoms with van der Waals surface area (Å²) in [5.74, 6) is 0. The maximum Gasteiger partial charge on any atom is -0.00317 e. The highest BCUT2D eigenvalue weighted by Crippen LogP contribution is 2.51. The lowest BCUT2D eigenvalue weighted by molar-refractivity contribution is 0.396. The summed E-state index contributed by atoms with van der Waals surface area (Å²) in [4.78, 5) is 0. The summed E-state index contributed by atoms with van der Waals surface area (Å²) < 4.78 is 0. The van der Waals surface area contributed by atoms with Gasteiger partial charge in [0.15, 0.2) is 0 Å². The van der Waals surface area contributed by atoms with Crippen LogP contribution in [0.1, 0.15) is 37.3 Å². The van der Waals surface area contributed by atoms with Crippen molar-refractivity contribution in [3.63, 3.8) is 0 Å². The quantitative estimate of drug-likeness (QED) is 0.575. The zero-order valence-corrected chi connectivity index (χ0v) is 8.72. The molecule has 3 rings (SSSR count). The molecule has 1 unspecified atom stereocenters. The highest BCUT2D eigenvalue weighted by molar-refractivity contribution is 5.77. The molecule has 14 heavy (non-hydrogen) atoms. The lowest BCUT2D eigenvalue weighted by Gasteiger charge is -2.29. The predicted octanol–water partition coefficient (Wildman–Crippen LogP) is 3.82. The van der Waals surface area contributed by atoms with Crippen molar-refractivity contribution in [3.8, 4) is 0 Å². The number of fused-ring (bicyclic) bond motifs is 3. The average molecular weight is 184 g/mol. The van der Waals surface area contributed by atoms with Gasteiger partial charge in [-0.25, -0.2) is 0 Å². The van der Waals surface area contributed by atoms with Gasteiger partial charge in [0.25, 0.3) is 0 Å². The van der Waals surface area contributed by atoms with Gasteiger partial charge in [0.2, 0.25) is 0 Å². The van der Waals surface area contributed by atoms with Crippen LogP contribution < -0.4 is 0 Å². The first-order valence-corrected chi connectivity index (χ1v) is 5.58. The van der Waals surface area contributed by atoms with Crippen molar-refractivity contribution >= 4 is 5.57 Å². The Bertz CT molecular complexity index is 400. The third-order valence-corrected chi connectivity index (χ3v) is 3.82. The van der Waals surface area contributed by atoms with Crippen LogP contribution in [0.3, 0.4) is 0 Å². The van der Waals surface area contributed by atoms with Crippen molar-refractivity contribution in [2.75, 3.05) is 0 Å². The SMILES string of the molecule is CC12CCCC=C1c1ccccc1C2. The number of rotatable bonds is 0. The molecule has 0 heteroatoms. The van der Waals surface area contributed by atoms with Crippen LogP contribution in [0.2, 0.25) is 0 Å². The van der Waals surface area contributed by atoms with Gasteiger partial charge in [-0.05, 0) is 47.8 Å². The standard InChI is InChI=1S/C14H16/c1-14-9-5-4-8-13(14)12-7-3-2-6-11(12)10-14/h2-3,6-8H,4-5,9-10H2,1H3. The Kier molecular flexibility index (Phi) is 1.61. The van der Waals surface area contributed by atoms with E-state index in [9.17, 15) is 0 Å². The summed E-state index contributed by atoms with van der Waals surface area (Å²) in [5, 5.41) is 0. The minimum Gasteiger partial charge on any atom is -0.0801 e. The molecule has 1 atom stereocenters. The van der Waals surface area contributed by atoms with Crippen LogP contribution in [-0.4, -0.2) is 0 Å². The van der Waals surface area contributed by atoms with Gasteiger partial charge in [-0.2, -0.15) is 0 Å². The molecule has 1 aromatic carbocycles. The van der Waals surface area contributed by atoms with Crippen molar-refractivity contribution in [2.24, 2.45) is 5.41 Å². The average Bonchev–Trinajstić information content (AvgIpc) is 2.49. The number of hydrogen-bond acceptors (Lipinski definition) is 0. The molecule has 0 fully saturated rings. The summed E-state index contributed by atoms with van der Waals surface area (Å²) >= 11 is 0. The molecule has 0 aliphatic heterocycles. The molecule has 0 bridgehead atoms. The Morgan fingerprint density at radius 3 is 3.00 bits per heavy atom. The van der Waals surface area contributed by atoms with Gasteiger partial charge in [-0.15, -0.1) is 0 Å². The van der Waals surface area contributed by atoms with Gasteiger partial charge in [-0.3, -0.25) is 0 Å². The van der Waals surface area contributed by atoms with Crippen molar-refractivity contribution < 1.29 is 0 Å². The molecule has 0 aromatic heterocycles. The second kappa shape index (κ2) is 2.73. The van der Waals surface area contributed by atoms with Crippen molar-refractivity contribution in [2.45, 2.75) is 32.6 Å². The van der Waals surface area contributed by atoms with E-state index in [-0.39, 0.29) is 0 Å². The van der Waals surface area contributed by atoms with Crippen LogP contribution in [0.15, 0.2) is 30.3 Å². The molecule has 0 N–H and O–H groups in total. The lowest BCUT2D eigenvalue weighted by Crippen LogP contribution is -2.17. The van der Waals surface area contributed by atoms with E-state index in [1.165, 1.54) is 31.2 Å². The molecule has 0 nitrogen and oxygen atoms in total. The number of allylic oxidation sites excluding steroid dienone is 2. The summed E-state index contributed by atoms with van der Waals surface area (Å²) in [6.07, 6.45) is 7.74. The minimum atomic E-state index is 0.460. The third kappa shape index (κ3) is 1.00. The normalized spacial score (nSPS) is 29.4. The Labute approximate surface area is 85.6 Å². The van der Waals surface area contributed by atoms with Crippen molar-refractivity contribution in [1.82, 2.24) is 0 Å². The van der Waals surface area contributed by atoms with Crippen LogP contribution in [0.4, 0.5) is 0 Å². The molecule has 2 aliphatic rings. The Morgan fingerprint density at radius 2 is 2.07 bits per heavy atom. The first-order valence-electron chi connectivity index (χ1n) is 5.58. The Morgan fingerprint density at radius 1 is 1.21 bits per heavy atom. The van der Waals surface area contributed by atoms with Crippen LogP contribution in [0.5, 0.6) is 0 Å². The van der Waals surface area contributed by atoms with E-state index in [2.05, 4.69) is 37.3 Å². The molecule has 72 valence electrons. The molecule has 0 spiro atoms. The Balaban J connectivity index is 2.19. The van der Waals surface area contributed by atoms with E-state index in [1.807, 2.05) is 0 Å². The van der Waals surface area contributed by atoms with Gasteiger partial charge in [0.1, 0.15) is 0 Å². The van der Waals surface area contributed by atoms with Gasteiger partial charge in [-0.1, -0.05) is 37.3 Å². The highest BCUT2D eigenvalue weighted by atomic mass is 14.4. The van der Waals surface area contributed by atoms with Crippen LogP contribution in [0.25, 0.3) is 5.57 Å². The van der Waals surface area contributed by atoms with E-state index < -0.39 is 0 Å². The van der Waals surface area contributed by atoms with Gasteiger partial charge < -0.3 is 0 Å². The minimum absolute atomic E-state index is 0.460. The summed E-state index contributed by atoms with van der Waals surface area (Å²) in [5.41, 5.74) is 5.17. The molecule has 0 saturated heterocycles. The van der Waals surface area contributed by atoms with Crippen LogP contribution >= 0.6 is 0 Å². The van der Waals surface area contributed by atoms with Crippen LogP contribution in [-0.2, 0) is 6.42 Å². The smallest absolute Gasteiger partial charge is 0.00317 e. The van der Waals surface area contributed by atoms with Crippen LogP contribution in [0, 0.1) is 5.41 Å². The first-order chi connectivity index (χ1) is 6.80. The topological polar surface area (TPSA) is 0 Å². The first kappa shape index (κ1) is 8.28. The molecule has 0 saturated carbocycles. The van der Waals surface area contributed by atoms with Crippen molar-refractivity contribution in [3.05, 3.63) is 41.5 Å². The molecule has 0 amide bonds. The predicted molar refractivity (Wildman–Crippen MR) is 60.1 cm³/mol. The lowest BCUT2D eigenvalue weighted by atomic mass is 9.75. The van der Waals surface area contributed by atoms with Gasteiger partial charge in [0, 0.05) is 0 Å². The van der Waals surface area contributed by atoms with Crippen molar-refractivity contribution in [1.29, 1.82) is 0 Å². The second-order valence-electron chi connectivity index (χ2n) is 4.90. The Hall–Kier alpha value is -1.04. The molecule has 2 aliphatic carbocycles. The molecular weight excluding hydrogens is 168 g/mol. The fourth-order valence-corrected chi connectivity index (χ4v) is 3.10. The van der Waals surface area contributed by atoms with E-state index >= 15 is 0 Å². The summed E-state index contributed by atoms with van der Waals surface area (Å²) in [6.45, 7) is 2.43. The molecule has 1 aromatic rings. The fraction of sp³-hybridized carbons (Fsp3) is 0.429. The highest BCUT2D eigenvalue weighted by Gasteiger charge is 2.38. The van der Waals surface area contributed by atoms with E-state index in [0.717, 1.165) is 0 Å². The maximum atomic E-state index is 2.47. The molecule has 0 radical (unpaired) electrons. The maximum absolute atomic E-state index is 2.47. The summed E-state index contributed by atoms with van der Waals surface area (Å²) in [6, 6.07) is 8.91.